The van der Waals surface area contributed by atoms with Crippen LogP contribution < -0.4 is 10.1 Å². The van der Waals surface area contributed by atoms with Gasteiger partial charge in [-0.3, -0.25) is 4.79 Å². The maximum Gasteiger partial charge on any atom is 0.265 e. The van der Waals surface area contributed by atoms with Crippen LogP contribution in [0, 0.1) is 13.8 Å². The number of hydrogen-bond donors (Lipinski definition) is 1. The van der Waals surface area contributed by atoms with Crippen molar-refractivity contribution >= 4 is 34.4 Å². The van der Waals surface area contributed by atoms with Crippen LogP contribution in [0.1, 0.15) is 18.1 Å². The third-order valence-corrected chi connectivity index (χ3v) is 3.96. The standard InChI is InChI=1S/C17H17N3O2S/c1-10-6-11(2)8-14(7-10)22-12(3)17(21)18-13-4-5-15-16(9-13)20-23-19-15/h4-9,12H,1-3H3,(H,18,21)/t12-/m1/s1. The molecule has 3 aromatic rings. The van der Waals surface area contributed by atoms with Crippen molar-refractivity contribution in [1.82, 2.24) is 8.75 Å². The molecule has 2 aromatic carbocycles. The number of nitrogens with one attached hydrogen (secondary N) is 1. The lowest BCUT2D eigenvalue weighted by Gasteiger charge is -2.15. The number of amides is 1. The Bertz CT molecular complexity index is 840. The monoisotopic (exact) mass is 327 g/mol. The average Bonchev–Trinajstić information content (AvgIpc) is 2.93. The summed E-state index contributed by atoms with van der Waals surface area (Å²) in [5.41, 5.74) is 4.50. The van der Waals surface area contributed by atoms with E-state index in [1.165, 1.54) is 0 Å². The highest BCUT2D eigenvalue weighted by Crippen LogP contribution is 2.20. The first kappa shape index (κ1) is 15.4. The second-order valence-electron chi connectivity index (χ2n) is 5.54. The first-order chi connectivity index (χ1) is 11.0. The van der Waals surface area contributed by atoms with Crippen molar-refractivity contribution in [3.8, 4) is 5.75 Å². The van der Waals surface area contributed by atoms with E-state index >= 15 is 0 Å². The predicted octanol–water partition coefficient (Wildman–Crippen LogP) is 3.71. The molecule has 1 amide bonds. The van der Waals surface area contributed by atoms with E-state index in [2.05, 4.69) is 20.1 Å². The molecule has 0 bridgehead atoms. The number of rotatable bonds is 4. The number of nitrogens with zero attached hydrogens (tertiary/aromatic N) is 2. The van der Waals surface area contributed by atoms with Crippen molar-refractivity contribution in [3.63, 3.8) is 0 Å². The summed E-state index contributed by atoms with van der Waals surface area (Å²) in [5.74, 6) is 0.496. The number of aromatic nitrogens is 2. The molecule has 0 radical (unpaired) electrons. The molecule has 0 unspecified atom stereocenters. The van der Waals surface area contributed by atoms with E-state index in [1.54, 1.807) is 13.0 Å². The molecule has 0 saturated carbocycles. The number of hydrogen-bond acceptors (Lipinski definition) is 5. The molecule has 1 aromatic heterocycles. The molecule has 23 heavy (non-hydrogen) atoms. The highest BCUT2D eigenvalue weighted by molar-refractivity contribution is 7.00. The number of aryl methyl sites for hydroxylation is 2. The molecular formula is C17H17N3O2S. The quantitative estimate of drug-likeness (QED) is 0.793. The summed E-state index contributed by atoms with van der Waals surface area (Å²) < 4.78 is 14.1. The molecule has 1 atom stereocenters. The molecule has 118 valence electrons. The maximum absolute atomic E-state index is 12.3. The van der Waals surface area contributed by atoms with Gasteiger partial charge in [-0.1, -0.05) is 6.07 Å². The van der Waals surface area contributed by atoms with Gasteiger partial charge in [0.15, 0.2) is 6.10 Å². The fourth-order valence-electron chi connectivity index (χ4n) is 2.36. The fraction of sp³-hybridized carbons (Fsp3) is 0.235. The Morgan fingerprint density at radius 3 is 2.52 bits per heavy atom. The van der Waals surface area contributed by atoms with Gasteiger partial charge < -0.3 is 10.1 Å². The van der Waals surface area contributed by atoms with E-state index in [9.17, 15) is 4.79 Å². The second kappa shape index (κ2) is 6.34. The molecule has 1 heterocycles. The summed E-state index contributed by atoms with van der Waals surface area (Å²) >= 11 is 1.15. The summed E-state index contributed by atoms with van der Waals surface area (Å²) in [6.07, 6.45) is -0.597. The van der Waals surface area contributed by atoms with Crippen molar-refractivity contribution < 1.29 is 9.53 Å². The Hall–Kier alpha value is -2.47. The highest BCUT2D eigenvalue weighted by Gasteiger charge is 2.15. The zero-order valence-corrected chi connectivity index (χ0v) is 14.0. The Labute approximate surface area is 138 Å². The van der Waals surface area contributed by atoms with Crippen LogP contribution in [0.2, 0.25) is 0 Å². The Balaban J connectivity index is 1.69. The lowest BCUT2D eigenvalue weighted by atomic mass is 10.1. The average molecular weight is 327 g/mol. The molecule has 0 saturated heterocycles. The lowest BCUT2D eigenvalue weighted by Crippen LogP contribution is -2.30. The molecule has 3 rings (SSSR count). The van der Waals surface area contributed by atoms with E-state index < -0.39 is 6.10 Å². The van der Waals surface area contributed by atoms with E-state index in [0.29, 0.717) is 11.4 Å². The van der Waals surface area contributed by atoms with Crippen LogP contribution in [0.4, 0.5) is 5.69 Å². The van der Waals surface area contributed by atoms with Gasteiger partial charge >= 0.3 is 0 Å². The first-order valence-electron chi connectivity index (χ1n) is 7.29. The zero-order chi connectivity index (χ0) is 16.4. The van der Waals surface area contributed by atoms with Crippen LogP contribution in [0.5, 0.6) is 5.75 Å². The van der Waals surface area contributed by atoms with Gasteiger partial charge in [0.2, 0.25) is 0 Å². The van der Waals surface area contributed by atoms with Crippen LogP contribution in [-0.2, 0) is 4.79 Å². The molecule has 0 aliphatic heterocycles. The summed E-state index contributed by atoms with van der Waals surface area (Å²) in [4.78, 5) is 12.3. The molecule has 0 aliphatic carbocycles. The van der Waals surface area contributed by atoms with Crippen molar-refractivity contribution in [1.29, 1.82) is 0 Å². The smallest absolute Gasteiger partial charge is 0.265 e. The Morgan fingerprint density at radius 2 is 1.78 bits per heavy atom. The minimum absolute atomic E-state index is 0.202. The van der Waals surface area contributed by atoms with E-state index in [4.69, 9.17) is 4.74 Å². The molecule has 0 fully saturated rings. The Morgan fingerprint density at radius 1 is 1.09 bits per heavy atom. The first-order valence-corrected chi connectivity index (χ1v) is 8.02. The van der Waals surface area contributed by atoms with Gasteiger partial charge in [-0.05, 0) is 62.2 Å². The van der Waals surface area contributed by atoms with E-state index in [1.807, 2.05) is 38.1 Å². The summed E-state index contributed by atoms with van der Waals surface area (Å²) in [7, 11) is 0. The SMILES string of the molecule is Cc1cc(C)cc(O[C@H](C)C(=O)Nc2ccc3nsnc3c2)c1. The van der Waals surface area contributed by atoms with Crippen molar-refractivity contribution in [3.05, 3.63) is 47.5 Å². The highest BCUT2D eigenvalue weighted by atomic mass is 32.1. The van der Waals surface area contributed by atoms with Crippen LogP contribution in [0.3, 0.4) is 0 Å². The number of carbonyl (C=O) groups excluding carboxylic acids is 1. The molecule has 0 spiro atoms. The minimum atomic E-state index is -0.597. The lowest BCUT2D eigenvalue weighted by molar-refractivity contribution is -0.122. The van der Waals surface area contributed by atoms with Gasteiger partial charge in [0.1, 0.15) is 16.8 Å². The minimum Gasteiger partial charge on any atom is -0.481 e. The van der Waals surface area contributed by atoms with Gasteiger partial charge in [0.25, 0.3) is 5.91 Å². The summed E-state index contributed by atoms with van der Waals surface area (Å²) in [5, 5.41) is 2.85. The molecular weight excluding hydrogens is 310 g/mol. The fourth-order valence-corrected chi connectivity index (χ4v) is 2.88. The maximum atomic E-state index is 12.3. The molecule has 5 nitrogen and oxygen atoms in total. The second-order valence-corrected chi connectivity index (χ2v) is 6.07. The topological polar surface area (TPSA) is 64.1 Å². The van der Waals surface area contributed by atoms with Gasteiger partial charge in [0.05, 0.1) is 11.7 Å². The third-order valence-electron chi connectivity index (χ3n) is 3.40. The summed E-state index contributed by atoms with van der Waals surface area (Å²) in [6, 6.07) is 11.4. The van der Waals surface area contributed by atoms with Gasteiger partial charge in [-0.25, -0.2) is 0 Å². The van der Waals surface area contributed by atoms with Crippen LogP contribution in [0.25, 0.3) is 11.0 Å². The number of ether oxygens (including phenoxy) is 1. The van der Waals surface area contributed by atoms with Crippen molar-refractivity contribution in [2.45, 2.75) is 26.9 Å². The normalized spacial score (nSPS) is 12.1. The molecule has 0 aliphatic rings. The zero-order valence-electron chi connectivity index (χ0n) is 13.2. The van der Waals surface area contributed by atoms with Crippen LogP contribution in [-0.4, -0.2) is 20.8 Å². The summed E-state index contributed by atoms with van der Waals surface area (Å²) in [6.45, 7) is 5.74. The number of carbonyl (C=O) groups is 1. The van der Waals surface area contributed by atoms with Gasteiger partial charge in [0, 0.05) is 5.69 Å². The number of fused-ring (bicyclic) bond motifs is 1. The number of benzene rings is 2. The van der Waals surface area contributed by atoms with Crippen molar-refractivity contribution in [2.24, 2.45) is 0 Å². The van der Waals surface area contributed by atoms with Crippen LogP contribution in [0.15, 0.2) is 36.4 Å². The third kappa shape index (κ3) is 3.65. The van der Waals surface area contributed by atoms with Gasteiger partial charge in [-0.15, -0.1) is 0 Å². The van der Waals surface area contributed by atoms with Gasteiger partial charge in [-0.2, -0.15) is 8.75 Å². The van der Waals surface area contributed by atoms with Crippen LogP contribution >= 0.6 is 11.7 Å². The molecule has 6 heteroatoms. The predicted molar refractivity (Wildman–Crippen MR) is 92.1 cm³/mol. The van der Waals surface area contributed by atoms with E-state index in [-0.39, 0.29) is 5.91 Å². The largest absolute Gasteiger partial charge is 0.481 e. The van der Waals surface area contributed by atoms with Crippen molar-refractivity contribution in [2.75, 3.05) is 5.32 Å². The Kier molecular flexibility index (Phi) is 4.25. The van der Waals surface area contributed by atoms with E-state index in [0.717, 1.165) is 33.9 Å². The molecule has 1 N–H and O–H groups in total. The number of anilines is 1.